The van der Waals surface area contributed by atoms with Crippen molar-refractivity contribution in [2.45, 2.75) is 27.7 Å². The maximum atomic E-state index is 2.43. The number of rotatable bonds is 10. The molecule has 4 heterocycles. The van der Waals surface area contributed by atoms with E-state index in [-0.39, 0.29) is 0 Å². The summed E-state index contributed by atoms with van der Waals surface area (Å²) in [5.74, 6) is 0. The van der Waals surface area contributed by atoms with Gasteiger partial charge in [0.1, 0.15) is 0 Å². The third kappa shape index (κ3) is 10.9. The van der Waals surface area contributed by atoms with E-state index in [0.717, 1.165) is 0 Å². The van der Waals surface area contributed by atoms with Gasteiger partial charge in [-0.1, -0.05) is 242 Å². The molecule has 0 aliphatic carbocycles. The van der Waals surface area contributed by atoms with E-state index in [9.17, 15) is 0 Å². The third-order valence-electron chi connectivity index (χ3n) is 21.2. The Hall–Kier alpha value is -13.3. The van der Waals surface area contributed by atoms with E-state index in [0.29, 0.717) is 0 Å². The summed E-state index contributed by atoms with van der Waals surface area (Å²) in [5.41, 5.74) is 34.0. The Bertz CT molecular complexity index is 6330. The number of hydrogen-bond acceptors (Lipinski definition) is 0. The summed E-state index contributed by atoms with van der Waals surface area (Å²) in [7, 11) is 0. The average Bonchev–Trinajstić information content (AvgIpc) is 1.60. The number of nitrogens with zero attached hydrogens (tertiary/aromatic N) is 4. The van der Waals surface area contributed by atoms with Crippen LogP contribution in [-0.4, -0.2) is 18.3 Å². The molecule has 0 aliphatic heterocycles. The van der Waals surface area contributed by atoms with Gasteiger partial charge in [-0.25, -0.2) is 0 Å². The van der Waals surface area contributed by atoms with Crippen molar-refractivity contribution in [2.24, 2.45) is 0 Å². The normalized spacial score (nSPS) is 11.7. The van der Waals surface area contributed by atoms with Gasteiger partial charge in [0, 0.05) is 65.8 Å². The zero-order valence-electron chi connectivity index (χ0n) is 58.4. The highest BCUT2D eigenvalue weighted by molar-refractivity contribution is 6.15. The predicted octanol–water partition coefficient (Wildman–Crippen LogP) is 27.0. The highest BCUT2D eigenvalue weighted by Gasteiger charge is 2.21. The monoisotopic (exact) mass is 1330 g/mol. The lowest BCUT2D eigenvalue weighted by molar-refractivity contribution is 1.18. The molecule has 4 aromatic heterocycles. The Morgan fingerprint density at radius 1 is 0.135 bits per heavy atom. The molecule has 20 rings (SSSR count). The fourth-order valence-corrected chi connectivity index (χ4v) is 16.2. The summed E-state index contributed by atoms with van der Waals surface area (Å²) in [5, 5.41) is 10.1. The van der Waals surface area contributed by atoms with E-state index in [2.05, 4.69) is 410 Å². The fourth-order valence-electron chi connectivity index (χ4n) is 16.2. The van der Waals surface area contributed by atoms with Crippen LogP contribution in [0.3, 0.4) is 0 Å². The van der Waals surface area contributed by atoms with Crippen molar-refractivity contribution in [1.82, 2.24) is 18.3 Å². The van der Waals surface area contributed by atoms with E-state index >= 15 is 0 Å². The molecular formula is C100H72N4. The average molecular weight is 1330 g/mol. The van der Waals surface area contributed by atoms with Gasteiger partial charge < -0.3 is 18.3 Å². The first kappa shape index (κ1) is 61.8. The first-order valence-electron chi connectivity index (χ1n) is 36.0. The van der Waals surface area contributed by atoms with Crippen molar-refractivity contribution in [3.05, 3.63) is 386 Å². The van der Waals surface area contributed by atoms with Gasteiger partial charge in [-0.2, -0.15) is 0 Å². The van der Waals surface area contributed by atoms with Crippen LogP contribution in [0, 0.1) is 27.7 Å². The molecule has 0 amide bonds. The molecule has 0 unspecified atom stereocenters. The summed E-state index contributed by atoms with van der Waals surface area (Å²) in [6.45, 7) is 8.73. The lowest BCUT2D eigenvalue weighted by atomic mass is 10.00. The lowest BCUT2D eigenvalue weighted by Gasteiger charge is -2.11. The van der Waals surface area contributed by atoms with Crippen LogP contribution < -0.4 is 0 Å². The Balaban J connectivity index is 0.000000143. The molecule has 0 N–H and O–H groups in total. The first-order chi connectivity index (χ1) is 51.2. The molecule has 0 radical (unpaired) electrons. The van der Waals surface area contributed by atoms with E-state index < -0.39 is 0 Å². The van der Waals surface area contributed by atoms with Gasteiger partial charge in [0.05, 0.1) is 44.1 Å². The Morgan fingerprint density at radius 2 is 0.346 bits per heavy atom. The third-order valence-corrected chi connectivity index (χ3v) is 21.2. The van der Waals surface area contributed by atoms with Crippen LogP contribution in [0.1, 0.15) is 22.3 Å². The van der Waals surface area contributed by atoms with Crippen molar-refractivity contribution >= 4 is 87.2 Å². The molecule has 0 spiro atoms. The van der Waals surface area contributed by atoms with Crippen molar-refractivity contribution in [3.63, 3.8) is 0 Å². The first-order valence-corrected chi connectivity index (χ1v) is 36.0. The van der Waals surface area contributed by atoms with Crippen molar-refractivity contribution in [3.8, 4) is 89.5 Å². The molecule has 4 heteroatoms. The molecule has 4 nitrogen and oxygen atoms in total. The minimum absolute atomic E-state index is 1.17. The summed E-state index contributed by atoms with van der Waals surface area (Å²) in [6, 6.07) is 133. The van der Waals surface area contributed by atoms with Gasteiger partial charge in [0.25, 0.3) is 0 Å². The summed E-state index contributed by atoms with van der Waals surface area (Å²) in [4.78, 5) is 0. The zero-order valence-corrected chi connectivity index (χ0v) is 58.4. The van der Waals surface area contributed by atoms with Crippen molar-refractivity contribution in [1.29, 1.82) is 0 Å². The SMILES string of the molecule is Cc1ccc2c(c1)c1cc(-c3ccc4c(c3)c3cc(C)ccc3n4-c3cccc(-c4ccccc4)c3)ccc1n2-c1cccc(-c2ccccc2)c1.Cc1ccc2c3cc(-c4ccc5c(c4)c4ccc(C)cc4n5-c4cccc(-c5ccccc5)c4)ccc3n(-c3cccc(-c4ccccc4)c3)c2c1. The molecule has 0 atom stereocenters. The standard InChI is InChI=1S/2C50H36N2/c1-33-19-23-47-43(27-33)45-31-39(21-25-49(45)51(47)41-17-9-15-37(29-41)35-11-5-3-6-12-35)40-22-26-50-46(32-40)44-28-34(2)20-24-48(44)52(50)42-18-10-16-38(30-42)36-13-7-4-8-14-36;1-33-19-23-43-45-31-39(21-25-47(45)51(49(43)27-33)41-17-9-15-37(29-41)35-11-5-3-6-12-35)40-22-26-48-46(32-40)44-24-20-34(2)28-50(44)52(48)42-18-10-16-38(30-42)36-13-7-4-8-14-36/h2*3-32H,1-2H3. The van der Waals surface area contributed by atoms with Gasteiger partial charge in [-0.3, -0.25) is 0 Å². The maximum absolute atomic E-state index is 2.43. The molecule has 0 saturated carbocycles. The van der Waals surface area contributed by atoms with Gasteiger partial charge in [0.15, 0.2) is 0 Å². The van der Waals surface area contributed by atoms with Crippen LogP contribution in [-0.2, 0) is 0 Å². The number of benzene rings is 16. The Kier molecular flexibility index (Phi) is 15.1. The van der Waals surface area contributed by atoms with Gasteiger partial charge in [0.2, 0.25) is 0 Å². The summed E-state index contributed by atoms with van der Waals surface area (Å²) >= 11 is 0. The molecule has 0 aliphatic rings. The van der Waals surface area contributed by atoms with Gasteiger partial charge in [-0.15, -0.1) is 0 Å². The molecule has 104 heavy (non-hydrogen) atoms. The summed E-state index contributed by atoms with van der Waals surface area (Å²) < 4.78 is 9.69. The van der Waals surface area contributed by atoms with E-state index in [4.69, 9.17) is 0 Å². The number of aromatic nitrogens is 4. The molecule has 0 bridgehead atoms. The maximum Gasteiger partial charge on any atom is 0.0543 e. The highest BCUT2D eigenvalue weighted by Crippen LogP contribution is 2.43. The molecule has 0 fully saturated rings. The molecule has 0 saturated heterocycles. The highest BCUT2D eigenvalue weighted by atomic mass is 15.0. The number of fused-ring (bicyclic) bond motifs is 12. The Morgan fingerprint density at radius 3 is 0.635 bits per heavy atom. The van der Waals surface area contributed by atoms with Crippen LogP contribution >= 0.6 is 0 Å². The second-order valence-electron chi connectivity index (χ2n) is 28.0. The van der Waals surface area contributed by atoms with Crippen LogP contribution in [0.15, 0.2) is 364 Å². The van der Waals surface area contributed by atoms with Crippen molar-refractivity contribution < 1.29 is 0 Å². The van der Waals surface area contributed by atoms with Gasteiger partial charge in [-0.05, 0) is 239 Å². The quantitative estimate of drug-likeness (QED) is 0.130. The number of aryl methyl sites for hydroxylation is 4. The topological polar surface area (TPSA) is 19.7 Å². The largest absolute Gasteiger partial charge is 0.309 e. The zero-order chi connectivity index (χ0) is 69.5. The second kappa shape index (κ2) is 25.4. The van der Waals surface area contributed by atoms with Crippen LogP contribution in [0.25, 0.3) is 177 Å². The molecule has 16 aromatic carbocycles. The predicted molar refractivity (Wildman–Crippen MR) is 442 cm³/mol. The minimum atomic E-state index is 1.17. The van der Waals surface area contributed by atoms with Gasteiger partial charge >= 0.3 is 0 Å². The van der Waals surface area contributed by atoms with E-state index in [1.807, 2.05) is 0 Å². The molecule has 492 valence electrons. The molecule has 20 aromatic rings. The second-order valence-corrected chi connectivity index (χ2v) is 28.0. The molecular weight excluding hydrogens is 1260 g/mol. The smallest absolute Gasteiger partial charge is 0.0543 e. The lowest BCUT2D eigenvalue weighted by Crippen LogP contribution is -1.95. The fraction of sp³-hybridized carbons (Fsp3) is 0.0400. The minimum Gasteiger partial charge on any atom is -0.309 e. The van der Waals surface area contributed by atoms with Crippen molar-refractivity contribution in [2.75, 3.05) is 0 Å². The van der Waals surface area contributed by atoms with Crippen LogP contribution in [0.2, 0.25) is 0 Å². The van der Waals surface area contributed by atoms with E-state index in [1.54, 1.807) is 0 Å². The van der Waals surface area contributed by atoms with Crippen LogP contribution in [0.4, 0.5) is 0 Å². The number of hydrogen-bond donors (Lipinski definition) is 0. The van der Waals surface area contributed by atoms with E-state index in [1.165, 1.54) is 199 Å². The van der Waals surface area contributed by atoms with Crippen LogP contribution in [0.5, 0.6) is 0 Å². The Labute approximate surface area is 605 Å². The summed E-state index contributed by atoms with van der Waals surface area (Å²) in [6.07, 6.45) is 0.